The van der Waals surface area contributed by atoms with E-state index in [9.17, 15) is 9.59 Å². The Hall–Kier alpha value is -2.13. The fraction of sp³-hybridized carbons (Fsp3) is 0.400. The Bertz CT molecular complexity index is 607. The summed E-state index contributed by atoms with van der Waals surface area (Å²) < 4.78 is 16.2. The molecule has 0 unspecified atom stereocenters. The summed E-state index contributed by atoms with van der Waals surface area (Å²) in [5, 5.41) is 6.14. The molecule has 2 N–H and O–H groups in total. The van der Waals surface area contributed by atoms with Crippen LogP contribution in [0.4, 0.5) is 0 Å². The van der Waals surface area contributed by atoms with Crippen molar-refractivity contribution >= 4 is 34.0 Å². The number of ether oxygens (including phenoxy) is 3. The summed E-state index contributed by atoms with van der Waals surface area (Å²) in [5.74, 6) is -0.538. The minimum Gasteiger partial charge on any atom is -0.493 e. The number of hydrazone groups is 1. The number of nitrogens with zero attached hydrogens (tertiary/aromatic N) is 1. The molecule has 0 radical (unpaired) electrons. The van der Waals surface area contributed by atoms with Gasteiger partial charge in [-0.25, -0.2) is 5.43 Å². The molecule has 0 saturated carbocycles. The highest BCUT2D eigenvalue weighted by Gasteiger charge is 2.12. The Morgan fingerprint density at radius 2 is 2.04 bits per heavy atom. The maximum atomic E-state index is 11.5. The predicted molar refractivity (Wildman–Crippen MR) is 92.5 cm³/mol. The second kappa shape index (κ2) is 10.6. The molecule has 2 amide bonds. The van der Waals surface area contributed by atoms with Gasteiger partial charge in [-0.3, -0.25) is 9.59 Å². The number of amides is 2. The number of hydrogen-bond acceptors (Lipinski definition) is 6. The second-order valence-electron chi connectivity index (χ2n) is 4.41. The minimum absolute atomic E-state index is 0.246. The van der Waals surface area contributed by atoms with Gasteiger partial charge in [-0.15, -0.1) is 0 Å². The summed E-state index contributed by atoms with van der Waals surface area (Å²) in [6.45, 7) is 2.93. The number of benzene rings is 1. The van der Waals surface area contributed by atoms with Crippen LogP contribution in [0.15, 0.2) is 21.7 Å². The van der Waals surface area contributed by atoms with Crippen molar-refractivity contribution in [3.63, 3.8) is 0 Å². The normalized spacial score (nSPS) is 10.5. The lowest BCUT2D eigenvalue weighted by Gasteiger charge is -2.11. The summed E-state index contributed by atoms with van der Waals surface area (Å²) in [6.07, 6.45) is 1.39. The average Bonchev–Trinajstić information content (AvgIpc) is 2.57. The number of hydrogen-bond donors (Lipinski definition) is 2. The van der Waals surface area contributed by atoms with Gasteiger partial charge in [-0.05, 0) is 40.5 Å². The molecule has 24 heavy (non-hydrogen) atoms. The molecule has 9 heteroatoms. The molecule has 0 spiro atoms. The summed E-state index contributed by atoms with van der Waals surface area (Å²) in [5.41, 5.74) is 2.80. The highest BCUT2D eigenvalue weighted by molar-refractivity contribution is 9.10. The van der Waals surface area contributed by atoms with Crippen molar-refractivity contribution in [2.45, 2.75) is 6.92 Å². The van der Waals surface area contributed by atoms with Crippen molar-refractivity contribution in [2.75, 3.05) is 34.0 Å². The van der Waals surface area contributed by atoms with Crippen molar-refractivity contribution in [2.24, 2.45) is 5.10 Å². The van der Waals surface area contributed by atoms with Crippen LogP contribution >= 0.6 is 15.9 Å². The Morgan fingerprint density at radius 3 is 2.67 bits per heavy atom. The SMILES string of the molecule is CCOc1c(Br)cc(/C=N\NC(=O)C(=O)NCCOC)cc1OC. The Labute approximate surface area is 148 Å². The first-order valence-corrected chi connectivity index (χ1v) is 7.93. The highest BCUT2D eigenvalue weighted by atomic mass is 79.9. The van der Waals surface area contributed by atoms with E-state index >= 15 is 0 Å². The van der Waals surface area contributed by atoms with E-state index in [0.29, 0.717) is 34.7 Å². The molecule has 1 aromatic rings. The monoisotopic (exact) mass is 401 g/mol. The summed E-state index contributed by atoms with van der Waals surface area (Å²) in [4.78, 5) is 23.0. The fourth-order valence-electron chi connectivity index (χ4n) is 1.66. The number of carbonyl (C=O) groups is 2. The van der Waals surface area contributed by atoms with Crippen LogP contribution in [0.2, 0.25) is 0 Å². The number of methoxy groups -OCH3 is 2. The van der Waals surface area contributed by atoms with E-state index in [1.807, 2.05) is 6.92 Å². The molecule has 0 aliphatic carbocycles. The molecule has 0 fully saturated rings. The van der Waals surface area contributed by atoms with Crippen molar-refractivity contribution in [3.8, 4) is 11.5 Å². The van der Waals surface area contributed by atoms with E-state index in [-0.39, 0.29) is 6.54 Å². The summed E-state index contributed by atoms with van der Waals surface area (Å²) in [7, 11) is 3.02. The molecular formula is C15H20BrN3O5. The van der Waals surface area contributed by atoms with Gasteiger partial charge in [-0.2, -0.15) is 5.10 Å². The van der Waals surface area contributed by atoms with Crippen LogP contribution in [0.1, 0.15) is 12.5 Å². The van der Waals surface area contributed by atoms with E-state index in [1.54, 1.807) is 12.1 Å². The van der Waals surface area contributed by atoms with Crippen LogP contribution in [0, 0.1) is 0 Å². The molecule has 0 heterocycles. The van der Waals surface area contributed by atoms with Gasteiger partial charge >= 0.3 is 11.8 Å². The lowest BCUT2D eigenvalue weighted by atomic mass is 10.2. The van der Waals surface area contributed by atoms with Crippen molar-refractivity contribution in [1.29, 1.82) is 0 Å². The fourth-order valence-corrected chi connectivity index (χ4v) is 2.24. The molecule has 1 rings (SSSR count). The number of rotatable bonds is 8. The quantitative estimate of drug-likeness (QED) is 0.293. The molecular weight excluding hydrogens is 382 g/mol. The highest BCUT2D eigenvalue weighted by Crippen LogP contribution is 2.36. The first-order valence-electron chi connectivity index (χ1n) is 7.14. The lowest BCUT2D eigenvalue weighted by Crippen LogP contribution is -2.39. The predicted octanol–water partition coefficient (Wildman–Crippen LogP) is 1.07. The van der Waals surface area contributed by atoms with Gasteiger partial charge in [0.25, 0.3) is 0 Å². The molecule has 0 aromatic heterocycles. The third-order valence-electron chi connectivity index (χ3n) is 2.72. The molecule has 0 atom stereocenters. The summed E-state index contributed by atoms with van der Waals surface area (Å²) in [6, 6.07) is 3.45. The third kappa shape index (κ3) is 6.17. The third-order valence-corrected chi connectivity index (χ3v) is 3.31. The van der Waals surface area contributed by atoms with Crippen molar-refractivity contribution in [3.05, 3.63) is 22.2 Å². The maximum Gasteiger partial charge on any atom is 0.329 e. The molecule has 8 nitrogen and oxygen atoms in total. The zero-order valence-corrected chi connectivity index (χ0v) is 15.3. The minimum atomic E-state index is -0.862. The van der Waals surface area contributed by atoms with E-state index in [4.69, 9.17) is 14.2 Å². The van der Waals surface area contributed by atoms with Crippen LogP contribution in [0.25, 0.3) is 0 Å². The zero-order valence-electron chi connectivity index (χ0n) is 13.7. The standard InChI is InChI=1S/C15H20BrN3O5/c1-4-24-13-11(16)7-10(8-12(13)23-3)9-18-19-15(21)14(20)17-5-6-22-2/h7-9H,4-6H2,1-3H3,(H,17,20)(H,19,21)/b18-9-. The number of carbonyl (C=O) groups excluding carboxylic acids is 2. The van der Waals surface area contributed by atoms with Crippen LogP contribution in [0.5, 0.6) is 11.5 Å². The smallest absolute Gasteiger partial charge is 0.329 e. The lowest BCUT2D eigenvalue weighted by molar-refractivity contribution is -0.139. The van der Waals surface area contributed by atoms with E-state index in [0.717, 1.165) is 0 Å². The number of nitrogens with one attached hydrogen (secondary N) is 2. The van der Waals surface area contributed by atoms with Gasteiger partial charge in [0.2, 0.25) is 0 Å². The van der Waals surface area contributed by atoms with Gasteiger partial charge in [0, 0.05) is 13.7 Å². The van der Waals surface area contributed by atoms with Crippen molar-refractivity contribution < 1.29 is 23.8 Å². The van der Waals surface area contributed by atoms with Crippen molar-refractivity contribution in [1.82, 2.24) is 10.7 Å². The van der Waals surface area contributed by atoms with Crippen LogP contribution in [-0.2, 0) is 14.3 Å². The largest absolute Gasteiger partial charge is 0.493 e. The molecule has 1 aromatic carbocycles. The van der Waals surface area contributed by atoms with E-state index < -0.39 is 11.8 Å². The first kappa shape index (κ1) is 19.9. The van der Waals surface area contributed by atoms with Crippen LogP contribution < -0.4 is 20.2 Å². The van der Waals surface area contributed by atoms with E-state index in [1.165, 1.54) is 20.4 Å². The Balaban J connectivity index is 2.68. The van der Waals surface area contributed by atoms with Gasteiger partial charge in [0.15, 0.2) is 11.5 Å². The Kier molecular flexibility index (Phi) is 8.80. The van der Waals surface area contributed by atoms with Crippen LogP contribution in [0.3, 0.4) is 0 Å². The first-order chi connectivity index (χ1) is 11.5. The Morgan fingerprint density at radius 1 is 1.29 bits per heavy atom. The van der Waals surface area contributed by atoms with Gasteiger partial charge in [-0.1, -0.05) is 0 Å². The second-order valence-corrected chi connectivity index (χ2v) is 5.27. The topological polar surface area (TPSA) is 98.2 Å². The average molecular weight is 402 g/mol. The molecule has 0 bridgehead atoms. The van der Waals surface area contributed by atoms with E-state index in [2.05, 4.69) is 31.8 Å². The maximum absolute atomic E-state index is 11.5. The summed E-state index contributed by atoms with van der Waals surface area (Å²) >= 11 is 3.39. The van der Waals surface area contributed by atoms with Crippen LogP contribution in [-0.4, -0.2) is 52.0 Å². The van der Waals surface area contributed by atoms with Gasteiger partial charge in [0.1, 0.15) is 0 Å². The molecule has 132 valence electrons. The molecule has 0 saturated heterocycles. The number of halogens is 1. The zero-order chi connectivity index (χ0) is 17.9. The molecule has 0 aliphatic heterocycles. The molecule has 0 aliphatic rings. The van der Waals surface area contributed by atoms with Gasteiger partial charge < -0.3 is 19.5 Å². The van der Waals surface area contributed by atoms with Gasteiger partial charge in [0.05, 0.1) is 31.0 Å².